The zero-order valence-corrected chi connectivity index (χ0v) is 12.0. The largest absolute Gasteiger partial charge is 0.0616 e. The molecule has 0 aliphatic rings. The van der Waals surface area contributed by atoms with Gasteiger partial charge in [0.15, 0.2) is 0 Å². The highest BCUT2D eigenvalue weighted by atomic mass is 14.1. The summed E-state index contributed by atoms with van der Waals surface area (Å²) < 4.78 is 0. The predicted octanol–water partition coefficient (Wildman–Crippen LogP) is 5.97. The summed E-state index contributed by atoms with van der Waals surface area (Å²) in [5.41, 5.74) is 3.93. The summed E-state index contributed by atoms with van der Waals surface area (Å²) in [6.45, 7) is 2.19. The summed E-state index contributed by atoms with van der Waals surface area (Å²) in [5, 5.41) is 5.25. The van der Waals surface area contributed by atoms with Gasteiger partial charge in [0.1, 0.15) is 0 Å². The first-order chi connectivity index (χ1) is 10.3. The summed E-state index contributed by atoms with van der Waals surface area (Å²) in [7, 11) is 0. The third kappa shape index (κ3) is 2.00. The van der Waals surface area contributed by atoms with Crippen LogP contribution < -0.4 is 0 Å². The Morgan fingerprint density at radius 3 is 2.10 bits per heavy atom. The van der Waals surface area contributed by atoms with E-state index in [2.05, 4.69) is 85.8 Å². The fraction of sp³-hybridized carbons (Fsp3) is 0.0476. The zero-order valence-electron chi connectivity index (χ0n) is 12.0. The van der Waals surface area contributed by atoms with Gasteiger partial charge in [-0.05, 0) is 51.2 Å². The molecule has 4 aromatic rings. The van der Waals surface area contributed by atoms with E-state index in [1.165, 1.54) is 38.2 Å². The Labute approximate surface area is 124 Å². The molecule has 0 aliphatic heterocycles. The zero-order chi connectivity index (χ0) is 14.2. The van der Waals surface area contributed by atoms with Crippen molar-refractivity contribution in [2.45, 2.75) is 6.92 Å². The first-order valence-corrected chi connectivity index (χ1v) is 7.30. The quantitative estimate of drug-likeness (QED) is 0.399. The summed E-state index contributed by atoms with van der Waals surface area (Å²) in [4.78, 5) is 0. The minimum absolute atomic E-state index is 1.29. The van der Waals surface area contributed by atoms with Crippen LogP contribution in [0.15, 0.2) is 78.9 Å². The highest BCUT2D eigenvalue weighted by Gasteiger charge is 2.06. The van der Waals surface area contributed by atoms with Crippen LogP contribution in [0, 0.1) is 6.92 Å². The molecule has 0 N–H and O–H groups in total. The second-order valence-electron chi connectivity index (χ2n) is 5.54. The maximum Gasteiger partial charge on any atom is -0.0105 e. The third-order valence-corrected chi connectivity index (χ3v) is 4.17. The summed E-state index contributed by atoms with van der Waals surface area (Å²) in [6, 6.07) is 28.3. The predicted molar refractivity (Wildman–Crippen MR) is 91.6 cm³/mol. The van der Waals surface area contributed by atoms with Gasteiger partial charge in [-0.1, -0.05) is 72.8 Å². The van der Waals surface area contributed by atoms with Crippen molar-refractivity contribution in [3.8, 4) is 11.1 Å². The van der Waals surface area contributed by atoms with Crippen LogP contribution in [0.1, 0.15) is 5.56 Å². The average Bonchev–Trinajstić information content (AvgIpc) is 2.54. The molecule has 0 nitrogen and oxygen atoms in total. The number of hydrogen-bond donors (Lipinski definition) is 0. The third-order valence-electron chi connectivity index (χ3n) is 4.17. The Bertz CT molecular complexity index is 943. The number of benzene rings is 4. The Balaban J connectivity index is 2.05. The van der Waals surface area contributed by atoms with E-state index in [-0.39, 0.29) is 0 Å². The second kappa shape index (κ2) is 4.75. The lowest BCUT2D eigenvalue weighted by molar-refractivity contribution is 1.52. The molecule has 0 saturated carbocycles. The van der Waals surface area contributed by atoms with Crippen molar-refractivity contribution in [3.05, 3.63) is 84.4 Å². The molecular weight excluding hydrogens is 252 g/mol. The first-order valence-electron chi connectivity index (χ1n) is 7.30. The molecule has 0 amide bonds. The summed E-state index contributed by atoms with van der Waals surface area (Å²) in [5.74, 6) is 0. The van der Waals surface area contributed by atoms with Crippen LogP contribution in [-0.2, 0) is 0 Å². The van der Waals surface area contributed by atoms with Crippen LogP contribution in [0.4, 0.5) is 0 Å². The van der Waals surface area contributed by atoms with Gasteiger partial charge in [-0.3, -0.25) is 0 Å². The molecule has 0 fully saturated rings. The standard InChI is InChI=1S/C21H16/c1-15-13-18(14-17-8-3-4-10-19(15)17)21-12-6-9-16-7-2-5-11-20(16)21/h2-14H,1H3. The van der Waals surface area contributed by atoms with Gasteiger partial charge in [-0.2, -0.15) is 0 Å². The van der Waals surface area contributed by atoms with Gasteiger partial charge in [0.05, 0.1) is 0 Å². The molecule has 0 saturated heterocycles. The fourth-order valence-corrected chi connectivity index (χ4v) is 3.13. The molecule has 0 spiro atoms. The van der Waals surface area contributed by atoms with Gasteiger partial charge in [0.25, 0.3) is 0 Å². The molecule has 0 heterocycles. The number of rotatable bonds is 1. The monoisotopic (exact) mass is 268 g/mol. The number of fused-ring (bicyclic) bond motifs is 2. The van der Waals surface area contributed by atoms with E-state index < -0.39 is 0 Å². The first kappa shape index (κ1) is 12.2. The Morgan fingerprint density at radius 2 is 1.24 bits per heavy atom. The molecule has 0 unspecified atom stereocenters. The van der Waals surface area contributed by atoms with E-state index in [4.69, 9.17) is 0 Å². The average molecular weight is 268 g/mol. The van der Waals surface area contributed by atoms with Crippen LogP contribution in [-0.4, -0.2) is 0 Å². The molecule has 0 radical (unpaired) electrons. The lowest BCUT2D eigenvalue weighted by atomic mass is 9.94. The van der Waals surface area contributed by atoms with Crippen molar-refractivity contribution in [2.75, 3.05) is 0 Å². The second-order valence-corrected chi connectivity index (χ2v) is 5.54. The maximum absolute atomic E-state index is 2.30. The maximum atomic E-state index is 2.30. The van der Waals surface area contributed by atoms with Crippen molar-refractivity contribution >= 4 is 21.5 Å². The lowest BCUT2D eigenvalue weighted by Crippen LogP contribution is -1.85. The Kier molecular flexibility index (Phi) is 2.75. The molecule has 21 heavy (non-hydrogen) atoms. The van der Waals surface area contributed by atoms with Crippen LogP contribution in [0.25, 0.3) is 32.7 Å². The fourth-order valence-electron chi connectivity index (χ4n) is 3.13. The normalized spacial score (nSPS) is 11.1. The molecular formula is C21H16. The van der Waals surface area contributed by atoms with Crippen molar-refractivity contribution in [1.82, 2.24) is 0 Å². The SMILES string of the molecule is Cc1cc(-c2cccc3ccccc23)cc2ccccc12. The van der Waals surface area contributed by atoms with E-state index in [9.17, 15) is 0 Å². The summed E-state index contributed by atoms with van der Waals surface area (Å²) >= 11 is 0. The van der Waals surface area contributed by atoms with Gasteiger partial charge in [0, 0.05) is 0 Å². The molecule has 0 aliphatic carbocycles. The van der Waals surface area contributed by atoms with Crippen molar-refractivity contribution < 1.29 is 0 Å². The van der Waals surface area contributed by atoms with Crippen LogP contribution in [0.2, 0.25) is 0 Å². The van der Waals surface area contributed by atoms with E-state index in [1.54, 1.807) is 0 Å². The highest BCUT2D eigenvalue weighted by molar-refractivity contribution is 5.99. The minimum atomic E-state index is 1.29. The molecule has 0 atom stereocenters. The van der Waals surface area contributed by atoms with Crippen LogP contribution in [0.3, 0.4) is 0 Å². The van der Waals surface area contributed by atoms with Gasteiger partial charge in [-0.15, -0.1) is 0 Å². The van der Waals surface area contributed by atoms with Gasteiger partial charge in [0.2, 0.25) is 0 Å². The van der Waals surface area contributed by atoms with E-state index >= 15 is 0 Å². The molecule has 0 bridgehead atoms. The van der Waals surface area contributed by atoms with Crippen molar-refractivity contribution in [3.63, 3.8) is 0 Å². The van der Waals surface area contributed by atoms with Gasteiger partial charge < -0.3 is 0 Å². The molecule has 0 aromatic heterocycles. The lowest BCUT2D eigenvalue weighted by Gasteiger charge is -2.10. The van der Waals surface area contributed by atoms with Crippen LogP contribution >= 0.6 is 0 Å². The van der Waals surface area contributed by atoms with E-state index in [0.717, 1.165) is 0 Å². The molecule has 100 valence electrons. The number of aryl methyl sites for hydroxylation is 1. The van der Waals surface area contributed by atoms with E-state index in [0.29, 0.717) is 0 Å². The smallest absolute Gasteiger partial charge is 0.0105 e. The van der Waals surface area contributed by atoms with E-state index in [1.807, 2.05) is 0 Å². The topological polar surface area (TPSA) is 0 Å². The highest BCUT2D eigenvalue weighted by Crippen LogP contribution is 2.32. The Hall–Kier alpha value is -2.60. The Morgan fingerprint density at radius 1 is 0.571 bits per heavy atom. The molecule has 4 aromatic carbocycles. The van der Waals surface area contributed by atoms with Crippen molar-refractivity contribution in [1.29, 1.82) is 0 Å². The molecule has 0 heteroatoms. The van der Waals surface area contributed by atoms with Crippen LogP contribution in [0.5, 0.6) is 0 Å². The minimum Gasteiger partial charge on any atom is -0.0616 e. The van der Waals surface area contributed by atoms with Crippen molar-refractivity contribution in [2.24, 2.45) is 0 Å². The van der Waals surface area contributed by atoms with Gasteiger partial charge >= 0.3 is 0 Å². The number of hydrogen-bond acceptors (Lipinski definition) is 0. The van der Waals surface area contributed by atoms with Gasteiger partial charge in [-0.25, -0.2) is 0 Å². The molecule has 4 rings (SSSR count). The summed E-state index contributed by atoms with van der Waals surface area (Å²) in [6.07, 6.45) is 0.